The van der Waals surface area contributed by atoms with Gasteiger partial charge in [-0.2, -0.15) is 0 Å². The number of rotatable bonds is 4. The quantitative estimate of drug-likeness (QED) is 0.840. The number of nitrogens with one attached hydrogen (secondary N) is 1. The molecule has 0 aromatic carbocycles. The van der Waals surface area contributed by atoms with Crippen molar-refractivity contribution in [3.8, 4) is 0 Å². The van der Waals surface area contributed by atoms with Crippen molar-refractivity contribution in [2.45, 2.75) is 70.0 Å². The Morgan fingerprint density at radius 2 is 2.00 bits per heavy atom. The average molecular weight is 353 g/mol. The molecule has 0 saturated carbocycles. The summed E-state index contributed by atoms with van der Waals surface area (Å²) in [6, 6.07) is 4.05. The monoisotopic (exact) mass is 352 g/mol. The average Bonchev–Trinajstić information content (AvgIpc) is 2.39. The molecule has 2 saturated heterocycles. The predicted molar refractivity (Wildman–Crippen MR) is 89.6 cm³/mol. The molecule has 3 rings (SSSR count). The molecule has 0 spiro atoms. The SMILES string of the molecule is CCCc1nc(Br)cc(NC2CC3CCCC(C2)N3C)n1. The Kier molecular flexibility index (Phi) is 4.79. The topological polar surface area (TPSA) is 41.1 Å². The third-order valence-electron chi connectivity index (χ3n) is 4.91. The number of anilines is 1. The van der Waals surface area contributed by atoms with E-state index >= 15 is 0 Å². The van der Waals surface area contributed by atoms with Crippen LogP contribution in [-0.4, -0.2) is 40.0 Å². The highest BCUT2D eigenvalue weighted by atomic mass is 79.9. The zero-order valence-corrected chi connectivity index (χ0v) is 14.6. The van der Waals surface area contributed by atoms with Gasteiger partial charge in [-0.3, -0.25) is 0 Å². The standard InChI is InChI=1S/C16H25BrN4/c1-3-5-15-19-14(17)10-16(20-15)18-11-8-12-6-4-7-13(9-11)21(12)2/h10-13H,3-9H2,1-2H3,(H,18,19,20). The zero-order chi connectivity index (χ0) is 14.8. The molecule has 2 aliphatic heterocycles. The van der Waals surface area contributed by atoms with Crippen LogP contribution >= 0.6 is 15.9 Å². The van der Waals surface area contributed by atoms with Gasteiger partial charge >= 0.3 is 0 Å². The number of fused-ring (bicyclic) bond motifs is 2. The third-order valence-corrected chi connectivity index (χ3v) is 5.31. The van der Waals surface area contributed by atoms with Gasteiger partial charge in [0, 0.05) is 30.6 Å². The van der Waals surface area contributed by atoms with Gasteiger partial charge < -0.3 is 10.2 Å². The van der Waals surface area contributed by atoms with Gasteiger partial charge in [0.25, 0.3) is 0 Å². The minimum absolute atomic E-state index is 0.549. The van der Waals surface area contributed by atoms with E-state index in [1.165, 1.54) is 32.1 Å². The maximum Gasteiger partial charge on any atom is 0.132 e. The van der Waals surface area contributed by atoms with Crippen molar-refractivity contribution in [1.82, 2.24) is 14.9 Å². The normalized spacial score (nSPS) is 29.4. The first-order valence-electron chi connectivity index (χ1n) is 8.17. The van der Waals surface area contributed by atoms with Crippen LogP contribution in [0, 0.1) is 0 Å². The second-order valence-corrected chi connectivity index (χ2v) is 7.27. The number of piperidine rings is 2. The van der Waals surface area contributed by atoms with E-state index in [2.05, 4.69) is 50.1 Å². The van der Waals surface area contributed by atoms with E-state index in [0.717, 1.165) is 41.2 Å². The molecule has 2 bridgehead atoms. The molecule has 1 aromatic heterocycles. The van der Waals surface area contributed by atoms with Crippen LogP contribution in [0.4, 0.5) is 5.82 Å². The summed E-state index contributed by atoms with van der Waals surface area (Å²) >= 11 is 3.51. The number of aromatic nitrogens is 2. The van der Waals surface area contributed by atoms with Gasteiger partial charge in [-0.25, -0.2) is 9.97 Å². The highest BCUT2D eigenvalue weighted by molar-refractivity contribution is 9.10. The fraction of sp³-hybridized carbons (Fsp3) is 0.750. The summed E-state index contributed by atoms with van der Waals surface area (Å²) in [4.78, 5) is 11.7. The van der Waals surface area contributed by atoms with Crippen LogP contribution < -0.4 is 5.32 Å². The largest absolute Gasteiger partial charge is 0.367 e. The van der Waals surface area contributed by atoms with Gasteiger partial charge in [-0.1, -0.05) is 13.3 Å². The van der Waals surface area contributed by atoms with Crippen LogP contribution in [0.2, 0.25) is 0 Å². The Balaban J connectivity index is 1.69. The van der Waals surface area contributed by atoms with Gasteiger partial charge in [-0.15, -0.1) is 0 Å². The van der Waals surface area contributed by atoms with E-state index in [1.807, 2.05) is 6.07 Å². The second-order valence-electron chi connectivity index (χ2n) is 6.46. The van der Waals surface area contributed by atoms with Crippen molar-refractivity contribution in [1.29, 1.82) is 0 Å². The minimum atomic E-state index is 0.549. The number of aryl methyl sites for hydroxylation is 1. The van der Waals surface area contributed by atoms with Crippen LogP contribution in [0.25, 0.3) is 0 Å². The van der Waals surface area contributed by atoms with Crippen LogP contribution in [-0.2, 0) is 6.42 Å². The lowest BCUT2D eigenvalue weighted by molar-refractivity contribution is 0.0608. The van der Waals surface area contributed by atoms with E-state index in [1.54, 1.807) is 0 Å². The Hall–Kier alpha value is -0.680. The Labute approximate surface area is 135 Å². The van der Waals surface area contributed by atoms with Crippen molar-refractivity contribution in [3.63, 3.8) is 0 Å². The first kappa shape index (κ1) is 15.2. The number of halogens is 1. The van der Waals surface area contributed by atoms with E-state index in [-0.39, 0.29) is 0 Å². The second kappa shape index (κ2) is 6.61. The third kappa shape index (κ3) is 3.57. The lowest BCUT2D eigenvalue weighted by atomic mass is 9.82. The summed E-state index contributed by atoms with van der Waals surface area (Å²) in [6.07, 6.45) is 8.57. The van der Waals surface area contributed by atoms with E-state index in [4.69, 9.17) is 0 Å². The summed E-state index contributed by atoms with van der Waals surface area (Å²) in [7, 11) is 2.30. The minimum Gasteiger partial charge on any atom is -0.367 e. The molecule has 0 radical (unpaired) electrons. The molecule has 5 heteroatoms. The fourth-order valence-corrected chi connectivity index (χ4v) is 4.24. The van der Waals surface area contributed by atoms with Crippen LogP contribution in [0.1, 0.15) is 51.3 Å². The number of hydrogen-bond donors (Lipinski definition) is 1. The molecule has 4 nitrogen and oxygen atoms in total. The van der Waals surface area contributed by atoms with Crippen LogP contribution in [0.15, 0.2) is 10.7 Å². The molecule has 2 aliphatic rings. The van der Waals surface area contributed by atoms with E-state index in [0.29, 0.717) is 6.04 Å². The molecular formula is C16H25BrN4. The Morgan fingerprint density at radius 1 is 1.29 bits per heavy atom. The smallest absolute Gasteiger partial charge is 0.132 e. The molecule has 2 atom stereocenters. The highest BCUT2D eigenvalue weighted by Crippen LogP contribution is 2.33. The highest BCUT2D eigenvalue weighted by Gasteiger charge is 2.35. The molecular weight excluding hydrogens is 328 g/mol. The molecule has 2 fully saturated rings. The maximum absolute atomic E-state index is 4.66. The Morgan fingerprint density at radius 3 is 2.67 bits per heavy atom. The van der Waals surface area contributed by atoms with Gasteiger partial charge in [0.05, 0.1) is 0 Å². The van der Waals surface area contributed by atoms with Gasteiger partial charge in [-0.05, 0) is 55.1 Å². The lowest BCUT2D eigenvalue weighted by Gasteiger charge is -2.47. The van der Waals surface area contributed by atoms with E-state index in [9.17, 15) is 0 Å². The molecule has 21 heavy (non-hydrogen) atoms. The first-order valence-corrected chi connectivity index (χ1v) is 8.97. The van der Waals surface area contributed by atoms with Crippen molar-refractivity contribution in [3.05, 3.63) is 16.5 Å². The van der Waals surface area contributed by atoms with Gasteiger partial charge in [0.2, 0.25) is 0 Å². The van der Waals surface area contributed by atoms with Crippen LogP contribution in [0.5, 0.6) is 0 Å². The molecule has 3 heterocycles. The van der Waals surface area contributed by atoms with Crippen molar-refractivity contribution in [2.75, 3.05) is 12.4 Å². The molecule has 0 amide bonds. The summed E-state index contributed by atoms with van der Waals surface area (Å²) in [5.74, 6) is 1.91. The first-order chi connectivity index (χ1) is 10.2. The summed E-state index contributed by atoms with van der Waals surface area (Å²) in [5.41, 5.74) is 0. The molecule has 0 aliphatic carbocycles. The van der Waals surface area contributed by atoms with E-state index < -0.39 is 0 Å². The summed E-state index contributed by atoms with van der Waals surface area (Å²) in [6.45, 7) is 2.16. The molecule has 1 N–H and O–H groups in total. The van der Waals surface area contributed by atoms with Gasteiger partial charge in [0.15, 0.2) is 0 Å². The summed E-state index contributed by atoms with van der Waals surface area (Å²) in [5, 5.41) is 3.66. The molecule has 116 valence electrons. The molecule has 1 aromatic rings. The fourth-order valence-electron chi connectivity index (χ4n) is 3.82. The Bertz CT molecular complexity index is 479. The number of nitrogens with zero attached hydrogens (tertiary/aromatic N) is 3. The lowest BCUT2D eigenvalue weighted by Crippen LogP contribution is -2.52. The number of hydrogen-bond acceptors (Lipinski definition) is 4. The van der Waals surface area contributed by atoms with Crippen molar-refractivity contribution in [2.24, 2.45) is 0 Å². The maximum atomic E-state index is 4.66. The van der Waals surface area contributed by atoms with Crippen molar-refractivity contribution >= 4 is 21.7 Å². The van der Waals surface area contributed by atoms with Gasteiger partial charge in [0.1, 0.15) is 16.2 Å². The van der Waals surface area contributed by atoms with Crippen molar-refractivity contribution < 1.29 is 0 Å². The predicted octanol–water partition coefficient (Wildman–Crippen LogP) is 3.62. The summed E-state index contributed by atoms with van der Waals surface area (Å²) < 4.78 is 0.886. The zero-order valence-electron chi connectivity index (χ0n) is 13.0. The van der Waals surface area contributed by atoms with Crippen LogP contribution in [0.3, 0.4) is 0 Å². The molecule has 2 unspecified atom stereocenters.